The molecule has 1 aromatic carbocycles. The van der Waals surface area contributed by atoms with E-state index in [2.05, 4.69) is 27.7 Å². The molecular weight excluding hydrogens is 284 g/mol. The Balaban J connectivity index is 2.30. The van der Waals surface area contributed by atoms with Crippen molar-refractivity contribution in [3.05, 3.63) is 23.8 Å². The van der Waals surface area contributed by atoms with E-state index in [4.69, 9.17) is 4.74 Å². The van der Waals surface area contributed by atoms with Gasteiger partial charge in [0, 0.05) is 0 Å². The third-order valence-corrected chi connectivity index (χ3v) is 6.05. The zero-order chi connectivity index (χ0) is 17.0. The van der Waals surface area contributed by atoms with Crippen LogP contribution in [0.2, 0.25) is 0 Å². The Labute approximate surface area is 142 Å². The first-order valence-corrected chi connectivity index (χ1v) is 9.44. The van der Waals surface area contributed by atoms with Crippen LogP contribution in [0.15, 0.2) is 18.2 Å². The van der Waals surface area contributed by atoms with Crippen molar-refractivity contribution in [3.8, 4) is 11.5 Å². The average Bonchev–Trinajstić information content (AvgIpc) is 2.56. The lowest BCUT2D eigenvalue weighted by atomic mass is 9.68. The van der Waals surface area contributed by atoms with Crippen LogP contribution in [0.4, 0.5) is 0 Å². The van der Waals surface area contributed by atoms with Crippen molar-refractivity contribution >= 4 is 0 Å². The summed E-state index contributed by atoms with van der Waals surface area (Å²) in [5, 5.41) is 10.2. The molecule has 4 atom stereocenters. The summed E-state index contributed by atoms with van der Waals surface area (Å²) in [5.74, 6) is 3.45. The molecule has 1 aromatic rings. The first-order chi connectivity index (χ1) is 11.0. The molecule has 0 heterocycles. The average molecular weight is 319 g/mol. The maximum Gasteiger partial charge on any atom is 0.161 e. The normalized spacial score (nSPS) is 27.4. The highest BCUT2D eigenvalue weighted by atomic mass is 16.5. The number of aryl methyl sites for hydroxylation is 1. The molecule has 0 radical (unpaired) electrons. The van der Waals surface area contributed by atoms with E-state index in [0.29, 0.717) is 29.4 Å². The first kappa shape index (κ1) is 18.2. The summed E-state index contributed by atoms with van der Waals surface area (Å²) in [6, 6.07) is 5.66. The molecule has 1 aliphatic carbocycles. The zero-order valence-corrected chi connectivity index (χ0v) is 15.5. The Morgan fingerprint density at radius 1 is 1.09 bits per heavy atom. The quantitative estimate of drug-likeness (QED) is 0.701. The number of phenolic OH excluding ortho intramolecular Hbond substituents is 1. The van der Waals surface area contributed by atoms with Crippen molar-refractivity contribution in [2.45, 2.75) is 72.8 Å². The summed E-state index contributed by atoms with van der Waals surface area (Å²) in [6.07, 6.45) is 6.42. The number of aromatic hydroxyl groups is 1. The second-order valence-corrected chi connectivity index (χ2v) is 7.58. The van der Waals surface area contributed by atoms with Gasteiger partial charge < -0.3 is 9.84 Å². The van der Waals surface area contributed by atoms with Gasteiger partial charge in [-0.2, -0.15) is 0 Å². The van der Waals surface area contributed by atoms with Gasteiger partial charge in [-0.15, -0.1) is 0 Å². The maximum absolute atomic E-state index is 10.2. The molecule has 1 saturated carbocycles. The lowest BCUT2D eigenvalue weighted by Gasteiger charge is -2.43. The minimum atomic E-state index is 0.223. The van der Waals surface area contributed by atoms with Crippen molar-refractivity contribution in [1.82, 2.24) is 0 Å². The van der Waals surface area contributed by atoms with Gasteiger partial charge in [0.05, 0.1) is 0 Å². The monoisotopic (exact) mass is 318 g/mol. The van der Waals surface area contributed by atoms with E-state index in [-0.39, 0.29) is 11.9 Å². The van der Waals surface area contributed by atoms with Gasteiger partial charge in [-0.1, -0.05) is 53.0 Å². The Bertz CT molecular complexity index is 479. The van der Waals surface area contributed by atoms with Crippen LogP contribution in [-0.2, 0) is 0 Å². The molecule has 0 amide bonds. The van der Waals surface area contributed by atoms with Crippen LogP contribution in [0.1, 0.15) is 65.4 Å². The van der Waals surface area contributed by atoms with E-state index in [9.17, 15) is 5.11 Å². The highest BCUT2D eigenvalue weighted by molar-refractivity contribution is 5.41. The Morgan fingerprint density at radius 2 is 1.65 bits per heavy atom. The Morgan fingerprint density at radius 3 is 2.17 bits per heavy atom. The molecule has 130 valence electrons. The fraction of sp³-hybridized carbons (Fsp3) is 0.714. The molecule has 0 aromatic heterocycles. The molecule has 1 N–H and O–H groups in total. The van der Waals surface area contributed by atoms with E-state index >= 15 is 0 Å². The van der Waals surface area contributed by atoms with Crippen LogP contribution in [0.25, 0.3) is 0 Å². The minimum absolute atomic E-state index is 0.223. The summed E-state index contributed by atoms with van der Waals surface area (Å²) < 4.78 is 6.49. The third kappa shape index (κ3) is 4.22. The summed E-state index contributed by atoms with van der Waals surface area (Å²) in [5.41, 5.74) is 1.13. The summed E-state index contributed by atoms with van der Waals surface area (Å²) >= 11 is 0. The fourth-order valence-corrected chi connectivity index (χ4v) is 4.09. The molecule has 0 aliphatic heterocycles. The van der Waals surface area contributed by atoms with Crippen LogP contribution in [-0.4, -0.2) is 11.2 Å². The third-order valence-electron chi connectivity index (χ3n) is 6.05. The van der Waals surface area contributed by atoms with Gasteiger partial charge in [0.1, 0.15) is 6.10 Å². The lowest BCUT2D eigenvalue weighted by molar-refractivity contribution is -0.0104. The predicted octanol–water partition coefficient (Wildman–Crippen LogP) is 5.96. The standard InChI is InChI=1S/C21H34O2/c1-6-15(4)17-9-8-10-18(16(5)7-2)21(17)23-20-13-14(3)11-12-19(20)22/h11-13,15-18,21-22H,6-10H2,1-5H3. The highest BCUT2D eigenvalue weighted by Gasteiger charge is 2.39. The van der Waals surface area contributed by atoms with Crippen LogP contribution in [0.5, 0.6) is 11.5 Å². The highest BCUT2D eigenvalue weighted by Crippen LogP contribution is 2.43. The van der Waals surface area contributed by atoms with Crippen molar-refractivity contribution in [1.29, 1.82) is 0 Å². The topological polar surface area (TPSA) is 29.5 Å². The van der Waals surface area contributed by atoms with E-state index < -0.39 is 0 Å². The van der Waals surface area contributed by atoms with Crippen LogP contribution < -0.4 is 4.74 Å². The van der Waals surface area contributed by atoms with Gasteiger partial charge in [0.25, 0.3) is 0 Å². The molecule has 2 nitrogen and oxygen atoms in total. The second-order valence-electron chi connectivity index (χ2n) is 7.58. The van der Waals surface area contributed by atoms with E-state index in [1.165, 1.54) is 32.1 Å². The molecule has 0 spiro atoms. The van der Waals surface area contributed by atoms with Gasteiger partial charge in [0.15, 0.2) is 11.5 Å². The Kier molecular flexibility index (Phi) is 6.38. The number of hydrogen-bond donors (Lipinski definition) is 1. The number of benzene rings is 1. The number of rotatable bonds is 6. The van der Waals surface area contributed by atoms with E-state index in [1.54, 1.807) is 6.07 Å². The number of phenols is 1. The summed E-state index contributed by atoms with van der Waals surface area (Å²) in [4.78, 5) is 0. The molecule has 0 bridgehead atoms. The van der Waals surface area contributed by atoms with Crippen molar-refractivity contribution in [2.75, 3.05) is 0 Å². The van der Waals surface area contributed by atoms with Crippen LogP contribution >= 0.6 is 0 Å². The van der Waals surface area contributed by atoms with Gasteiger partial charge in [-0.3, -0.25) is 0 Å². The smallest absolute Gasteiger partial charge is 0.161 e. The van der Waals surface area contributed by atoms with Crippen LogP contribution in [0.3, 0.4) is 0 Å². The summed E-state index contributed by atoms with van der Waals surface area (Å²) in [7, 11) is 0. The van der Waals surface area contributed by atoms with Crippen molar-refractivity contribution < 1.29 is 9.84 Å². The second kappa shape index (κ2) is 8.08. The SMILES string of the molecule is CCC(C)C1CCCC(C(C)CC)C1Oc1cc(C)ccc1O. The molecule has 4 unspecified atom stereocenters. The largest absolute Gasteiger partial charge is 0.504 e. The minimum Gasteiger partial charge on any atom is -0.504 e. The van der Waals surface area contributed by atoms with Gasteiger partial charge in [-0.05, 0) is 61.1 Å². The fourth-order valence-electron chi connectivity index (χ4n) is 4.09. The lowest BCUT2D eigenvalue weighted by Crippen LogP contribution is -2.43. The molecule has 0 saturated heterocycles. The number of hydrogen-bond acceptors (Lipinski definition) is 2. The molecule has 2 heteroatoms. The van der Waals surface area contributed by atoms with E-state index in [0.717, 1.165) is 5.56 Å². The van der Waals surface area contributed by atoms with Gasteiger partial charge >= 0.3 is 0 Å². The summed E-state index contributed by atoms with van der Waals surface area (Å²) in [6.45, 7) is 11.3. The van der Waals surface area contributed by atoms with Gasteiger partial charge in [0.2, 0.25) is 0 Å². The molecule has 1 fully saturated rings. The maximum atomic E-state index is 10.2. The molecular formula is C21H34O2. The molecule has 1 aliphatic rings. The predicted molar refractivity (Wildman–Crippen MR) is 97.0 cm³/mol. The first-order valence-electron chi connectivity index (χ1n) is 9.44. The Hall–Kier alpha value is -1.18. The zero-order valence-electron chi connectivity index (χ0n) is 15.5. The number of ether oxygens (including phenoxy) is 1. The van der Waals surface area contributed by atoms with Crippen LogP contribution in [0, 0.1) is 30.6 Å². The van der Waals surface area contributed by atoms with Crippen molar-refractivity contribution in [3.63, 3.8) is 0 Å². The van der Waals surface area contributed by atoms with E-state index in [1.807, 2.05) is 19.1 Å². The van der Waals surface area contributed by atoms with Gasteiger partial charge in [-0.25, -0.2) is 0 Å². The molecule has 23 heavy (non-hydrogen) atoms. The molecule has 2 rings (SSSR count). The van der Waals surface area contributed by atoms with Crippen molar-refractivity contribution in [2.24, 2.45) is 23.7 Å².